The van der Waals surface area contributed by atoms with Crippen molar-refractivity contribution in [2.75, 3.05) is 21.3 Å². The average Bonchev–Trinajstić information content (AvgIpc) is 2.79. The van der Waals surface area contributed by atoms with Crippen molar-refractivity contribution in [1.29, 1.82) is 0 Å². The Labute approximate surface area is 91.3 Å². The van der Waals surface area contributed by atoms with Crippen LogP contribution in [0.3, 0.4) is 0 Å². The van der Waals surface area contributed by atoms with Gasteiger partial charge in [0, 0.05) is 33.7 Å². The second-order valence-corrected chi connectivity index (χ2v) is 6.22. The van der Waals surface area contributed by atoms with Crippen LogP contribution in [0.2, 0.25) is 0 Å². The highest BCUT2D eigenvalue weighted by atomic mass is 28.4. The van der Waals surface area contributed by atoms with Gasteiger partial charge >= 0.3 is 8.80 Å². The van der Waals surface area contributed by atoms with E-state index in [-0.39, 0.29) is 5.67 Å². The van der Waals surface area contributed by atoms with Crippen LogP contribution in [0.25, 0.3) is 0 Å². The highest BCUT2D eigenvalue weighted by Crippen LogP contribution is 2.25. The van der Waals surface area contributed by atoms with Gasteiger partial charge in [0.1, 0.15) is 5.67 Å². The van der Waals surface area contributed by atoms with Gasteiger partial charge in [-0.25, -0.2) is 0 Å². The van der Waals surface area contributed by atoms with Crippen molar-refractivity contribution in [1.82, 2.24) is 9.78 Å². The molecule has 0 aromatic carbocycles. The third-order valence-electron chi connectivity index (χ3n) is 2.49. The second kappa shape index (κ2) is 5.41. The molecule has 5 nitrogen and oxygen atoms in total. The predicted molar refractivity (Wildman–Crippen MR) is 58.3 cm³/mol. The van der Waals surface area contributed by atoms with E-state index in [4.69, 9.17) is 13.3 Å². The Balaban J connectivity index is 2.98. The first-order valence-electron chi connectivity index (χ1n) is 4.88. The van der Waals surface area contributed by atoms with Crippen molar-refractivity contribution in [2.24, 2.45) is 0 Å². The summed E-state index contributed by atoms with van der Waals surface area (Å²) in [5.41, 5.74) is 0.0208. The molecule has 0 saturated heterocycles. The predicted octanol–water partition coefficient (Wildman–Crippen LogP) is 1.25. The van der Waals surface area contributed by atoms with Crippen LogP contribution in [0.4, 0.5) is 0 Å². The van der Waals surface area contributed by atoms with Gasteiger partial charge in [-0.05, 0) is 12.5 Å². The standard InChI is InChI=1S/C9H18N2O3Si/c1-5-9(11-8-6-7-10-11)15(12-2,13-3)14-4/h6-9H,5H2,1-4H3. The van der Waals surface area contributed by atoms with Gasteiger partial charge in [0.15, 0.2) is 0 Å². The lowest BCUT2D eigenvalue weighted by atomic mass is 10.5. The zero-order valence-corrected chi connectivity index (χ0v) is 10.6. The Morgan fingerprint density at radius 2 is 1.87 bits per heavy atom. The van der Waals surface area contributed by atoms with E-state index < -0.39 is 8.80 Å². The molecular weight excluding hydrogens is 212 g/mol. The Morgan fingerprint density at radius 3 is 2.20 bits per heavy atom. The van der Waals surface area contributed by atoms with E-state index in [0.717, 1.165) is 6.42 Å². The highest BCUT2D eigenvalue weighted by Gasteiger charge is 2.48. The molecule has 0 spiro atoms. The summed E-state index contributed by atoms with van der Waals surface area (Å²) in [5.74, 6) is 0. The normalized spacial score (nSPS) is 14.1. The molecular formula is C9H18N2O3Si. The number of aromatic nitrogens is 2. The highest BCUT2D eigenvalue weighted by molar-refractivity contribution is 6.61. The first-order valence-corrected chi connectivity index (χ1v) is 6.68. The van der Waals surface area contributed by atoms with Crippen LogP contribution in [-0.2, 0) is 13.3 Å². The van der Waals surface area contributed by atoms with Crippen LogP contribution < -0.4 is 0 Å². The smallest absolute Gasteiger partial charge is 0.376 e. The summed E-state index contributed by atoms with van der Waals surface area (Å²) in [7, 11) is 2.20. The van der Waals surface area contributed by atoms with Gasteiger partial charge in [-0.15, -0.1) is 0 Å². The molecule has 0 saturated carbocycles. The van der Waals surface area contributed by atoms with Crippen molar-refractivity contribution < 1.29 is 13.3 Å². The summed E-state index contributed by atoms with van der Waals surface area (Å²) >= 11 is 0. The summed E-state index contributed by atoms with van der Waals surface area (Å²) in [6.45, 7) is 2.06. The summed E-state index contributed by atoms with van der Waals surface area (Å²) in [6, 6.07) is 1.88. The summed E-state index contributed by atoms with van der Waals surface area (Å²) < 4.78 is 18.2. The van der Waals surface area contributed by atoms with Crippen LogP contribution in [0, 0.1) is 0 Å². The summed E-state index contributed by atoms with van der Waals surface area (Å²) in [6.07, 6.45) is 4.49. The molecule has 1 atom stereocenters. The zero-order chi connectivity index (χ0) is 11.3. The maximum absolute atomic E-state index is 5.45. The van der Waals surface area contributed by atoms with E-state index in [1.165, 1.54) is 0 Å². The van der Waals surface area contributed by atoms with Gasteiger partial charge < -0.3 is 13.3 Å². The molecule has 6 heteroatoms. The molecule has 86 valence electrons. The lowest BCUT2D eigenvalue weighted by Gasteiger charge is -2.31. The number of rotatable bonds is 6. The fourth-order valence-corrected chi connectivity index (χ4v) is 4.02. The summed E-state index contributed by atoms with van der Waals surface area (Å²) in [5, 5.41) is 4.21. The average molecular weight is 230 g/mol. The SMILES string of the molecule is CCC(n1cccn1)[Si](OC)(OC)OC. The minimum absolute atomic E-state index is 0.0208. The second-order valence-electron chi connectivity index (χ2n) is 3.13. The molecule has 1 aromatic rings. The molecule has 0 aliphatic carbocycles. The largest absolute Gasteiger partial charge is 0.526 e. The first kappa shape index (κ1) is 12.4. The molecule has 1 rings (SSSR count). The molecule has 0 radical (unpaired) electrons. The lowest BCUT2D eigenvalue weighted by molar-refractivity contribution is 0.0984. The Kier molecular flexibility index (Phi) is 4.46. The molecule has 0 bridgehead atoms. The van der Waals surface area contributed by atoms with Gasteiger partial charge in [-0.1, -0.05) is 6.92 Å². The minimum Gasteiger partial charge on any atom is -0.376 e. The van der Waals surface area contributed by atoms with Crippen LogP contribution >= 0.6 is 0 Å². The third kappa shape index (κ3) is 2.28. The molecule has 15 heavy (non-hydrogen) atoms. The molecule has 1 heterocycles. The molecule has 0 amide bonds. The van der Waals surface area contributed by atoms with E-state index >= 15 is 0 Å². The monoisotopic (exact) mass is 230 g/mol. The van der Waals surface area contributed by atoms with Crippen molar-refractivity contribution in [2.45, 2.75) is 19.0 Å². The van der Waals surface area contributed by atoms with Gasteiger partial charge in [-0.2, -0.15) is 5.10 Å². The molecule has 0 aliphatic heterocycles. The molecule has 0 aliphatic rings. The zero-order valence-electron chi connectivity index (χ0n) is 9.64. The maximum Gasteiger partial charge on any atom is 0.526 e. The van der Waals surface area contributed by atoms with Gasteiger partial charge in [0.2, 0.25) is 0 Å². The van der Waals surface area contributed by atoms with Gasteiger partial charge in [0.25, 0.3) is 0 Å². The van der Waals surface area contributed by atoms with Crippen molar-refractivity contribution >= 4 is 8.80 Å². The fourth-order valence-electron chi connectivity index (χ4n) is 1.72. The fraction of sp³-hybridized carbons (Fsp3) is 0.667. The van der Waals surface area contributed by atoms with E-state index in [0.29, 0.717) is 0 Å². The Bertz CT molecular complexity index is 267. The maximum atomic E-state index is 5.45. The van der Waals surface area contributed by atoms with Crippen LogP contribution in [0.1, 0.15) is 19.0 Å². The summed E-state index contributed by atoms with van der Waals surface area (Å²) in [4.78, 5) is 0. The number of hydrogen-bond donors (Lipinski definition) is 0. The van der Waals surface area contributed by atoms with Crippen LogP contribution in [0.5, 0.6) is 0 Å². The van der Waals surface area contributed by atoms with E-state index in [1.807, 2.05) is 16.9 Å². The van der Waals surface area contributed by atoms with Gasteiger partial charge in [-0.3, -0.25) is 4.68 Å². The van der Waals surface area contributed by atoms with Crippen LogP contribution in [0.15, 0.2) is 18.5 Å². The molecule has 0 N–H and O–H groups in total. The lowest BCUT2D eigenvalue weighted by Crippen LogP contribution is -2.51. The Morgan fingerprint density at radius 1 is 1.27 bits per heavy atom. The third-order valence-corrected chi connectivity index (χ3v) is 5.69. The molecule has 0 fully saturated rings. The van der Waals surface area contributed by atoms with Crippen molar-refractivity contribution in [3.8, 4) is 0 Å². The van der Waals surface area contributed by atoms with E-state index in [2.05, 4.69) is 12.0 Å². The van der Waals surface area contributed by atoms with E-state index in [1.54, 1.807) is 27.5 Å². The Hall–Kier alpha value is -0.693. The quantitative estimate of drug-likeness (QED) is 0.690. The molecule has 1 unspecified atom stereocenters. The van der Waals surface area contributed by atoms with E-state index in [9.17, 15) is 0 Å². The first-order chi connectivity index (χ1) is 7.24. The van der Waals surface area contributed by atoms with Gasteiger partial charge in [0.05, 0.1) is 0 Å². The number of hydrogen-bond acceptors (Lipinski definition) is 4. The van der Waals surface area contributed by atoms with Crippen molar-refractivity contribution in [3.63, 3.8) is 0 Å². The van der Waals surface area contributed by atoms with Crippen molar-refractivity contribution in [3.05, 3.63) is 18.5 Å². The van der Waals surface area contributed by atoms with Crippen LogP contribution in [-0.4, -0.2) is 39.9 Å². The molecule has 1 aromatic heterocycles. The minimum atomic E-state index is -2.65. The topological polar surface area (TPSA) is 45.5 Å². The number of nitrogens with zero attached hydrogens (tertiary/aromatic N) is 2.